The Hall–Kier alpha value is -3.81. The Balaban J connectivity index is 1.38. The van der Waals surface area contributed by atoms with Crippen LogP contribution in [0.25, 0.3) is 10.8 Å². The minimum atomic E-state index is -0.0818. The lowest BCUT2D eigenvalue weighted by Crippen LogP contribution is -1.93. The van der Waals surface area contributed by atoms with Crippen LogP contribution in [0.4, 0.5) is 4.39 Å². The summed E-state index contributed by atoms with van der Waals surface area (Å²) in [7, 11) is 0. The van der Waals surface area contributed by atoms with E-state index in [1.807, 2.05) is 54.6 Å². The van der Waals surface area contributed by atoms with Gasteiger partial charge in [-0.2, -0.15) is 0 Å². The highest BCUT2D eigenvalue weighted by atomic mass is 19.1. The normalized spacial score (nSPS) is 10.5. The third-order valence-electron chi connectivity index (χ3n) is 6.94. The van der Waals surface area contributed by atoms with Gasteiger partial charge in [0.15, 0.2) is 0 Å². The third-order valence-corrected chi connectivity index (χ3v) is 6.94. The fraction of sp³-hybridized carbons (Fsp3) is 0.297. The fourth-order valence-corrected chi connectivity index (χ4v) is 4.59. The fourth-order valence-electron chi connectivity index (χ4n) is 4.59. The molecule has 0 unspecified atom stereocenters. The number of fused-ring (bicyclic) bond motifs is 1. The Bertz CT molecular complexity index is 1450. The number of halogens is 1. The Labute approximate surface area is 228 Å². The Morgan fingerprint density at radius 2 is 1.08 bits per heavy atom. The zero-order chi connectivity index (χ0) is 26.6. The van der Waals surface area contributed by atoms with Gasteiger partial charge >= 0.3 is 0 Å². The maximum absolute atomic E-state index is 15.1. The second kappa shape index (κ2) is 14.2. The molecule has 0 aliphatic rings. The van der Waals surface area contributed by atoms with Gasteiger partial charge < -0.3 is 0 Å². The summed E-state index contributed by atoms with van der Waals surface area (Å²) in [6.07, 6.45) is 10.3. The van der Waals surface area contributed by atoms with Crippen LogP contribution >= 0.6 is 0 Å². The average molecular weight is 501 g/mol. The quantitative estimate of drug-likeness (QED) is 0.158. The van der Waals surface area contributed by atoms with E-state index in [1.165, 1.54) is 44.1 Å². The third kappa shape index (κ3) is 7.84. The summed E-state index contributed by atoms with van der Waals surface area (Å²) in [4.78, 5) is 0. The smallest absolute Gasteiger partial charge is 0.134 e. The summed E-state index contributed by atoms with van der Waals surface area (Å²) >= 11 is 0. The van der Waals surface area contributed by atoms with E-state index in [9.17, 15) is 0 Å². The number of rotatable bonds is 9. The first-order valence-electron chi connectivity index (χ1n) is 14.1. The van der Waals surface area contributed by atoms with Crippen LogP contribution in [-0.2, 0) is 12.8 Å². The predicted molar refractivity (Wildman–Crippen MR) is 160 cm³/mol. The van der Waals surface area contributed by atoms with Crippen LogP contribution in [-0.4, -0.2) is 0 Å². The van der Waals surface area contributed by atoms with Crippen molar-refractivity contribution in [2.24, 2.45) is 0 Å². The van der Waals surface area contributed by atoms with Gasteiger partial charge in [0.2, 0.25) is 0 Å². The minimum absolute atomic E-state index is 0.0818. The second-order valence-corrected chi connectivity index (χ2v) is 10.0. The van der Waals surface area contributed by atoms with Crippen molar-refractivity contribution >= 4 is 10.8 Å². The van der Waals surface area contributed by atoms with Gasteiger partial charge in [0, 0.05) is 27.6 Å². The predicted octanol–water partition coefficient (Wildman–Crippen LogP) is 9.63. The van der Waals surface area contributed by atoms with Crippen molar-refractivity contribution in [3.8, 4) is 23.7 Å². The van der Waals surface area contributed by atoms with Crippen molar-refractivity contribution in [2.45, 2.75) is 71.6 Å². The second-order valence-electron chi connectivity index (χ2n) is 10.0. The van der Waals surface area contributed by atoms with E-state index in [-0.39, 0.29) is 5.82 Å². The molecule has 1 heteroatoms. The first kappa shape index (κ1) is 27.2. The van der Waals surface area contributed by atoms with E-state index in [4.69, 9.17) is 0 Å². The number of hydrogen-bond donors (Lipinski definition) is 0. The molecule has 0 fully saturated rings. The van der Waals surface area contributed by atoms with Crippen molar-refractivity contribution in [3.05, 3.63) is 118 Å². The molecule has 4 rings (SSSR count). The van der Waals surface area contributed by atoms with Crippen molar-refractivity contribution < 1.29 is 4.39 Å². The molecule has 0 saturated heterocycles. The van der Waals surface area contributed by atoms with E-state index in [0.717, 1.165) is 52.5 Å². The van der Waals surface area contributed by atoms with Crippen LogP contribution in [0, 0.1) is 29.5 Å². The largest absolute Gasteiger partial charge is 0.206 e. The number of unbranched alkanes of at least 4 members (excludes halogenated alkanes) is 5. The number of benzene rings is 4. The van der Waals surface area contributed by atoms with Gasteiger partial charge in [0.05, 0.1) is 0 Å². The first-order chi connectivity index (χ1) is 18.7. The molecule has 0 radical (unpaired) electrons. The van der Waals surface area contributed by atoms with Gasteiger partial charge in [-0.25, -0.2) is 4.39 Å². The maximum Gasteiger partial charge on any atom is 0.134 e. The highest BCUT2D eigenvalue weighted by molar-refractivity contribution is 5.85. The first-order valence-corrected chi connectivity index (χ1v) is 14.1. The maximum atomic E-state index is 15.1. The topological polar surface area (TPSA) is 0 Å². The van der Waals surface area contributed by atoms with Gasteiger partial charge in [-0.15, -0.1) is 0 Å². The van der Waals surface area contributed by atoms with E-state index < -0.39 is 0 Å². The standard InChI is InChI=1S/C37H37F/c1-3-5-7-8-9-11-34-25-26-35-28-33(24-27-36(35)37(34)38)23-22-32-20-18-31(19-21-32)17-16-30-14-12-29(13-15-30)10-6-4-2/h12-15,18-21,24-28H,3-11H2,1-2H3. The molecule has 0 nitrogen and oxygen atoms in total. The monoisotopic (exact) mass is 500 g/mol. The molecule has 0 amide bonds. The van der Waals surface area contributed by atoms with Crippen molar-refractivity contribution in [1.82, 2.24) is 0 Å². The highest BCUT2D eigenvalue weighted by Crippen LogP contribution is 2.24. The molecule has 38 heavy (non-hydrogen) atoms. The molecule has 4 aromatic carbocycles. The van der Waals surface area contributed by atoms with Gasteiger partial charge in [-0.1, -0.05) is 100.0 Å². The van der Waals surface area contributed by atoms with Crippen LogP contribution in [0.15, 0.2) is 78.9 Å². The molecule has 0 aliphatic carbocycles. The molecule has 0 heterocycles. The van der Waals surface area contributed by atoms with E-state index >= 15 is 4.39 Å². The van der Waals surface area contributed by atoms with E-state index in [1.54, 1.807) is 0 Å². The van der Waals surface area contributed by atoms with Crippen LogP contribution in [0.1, 0.15) is 92.2 Å². The SMILES string of the molecule is CCCCCCCc1ccc2cc(C#Cc3ccc(C#Cc4ccc(CCCC)cc4)cc3)ccc2c1F. The Morgan fingerprint density at radius 3 is 1.71 bits per heavy atom. The molecule has 0 atom stereocenters. The summed E-state index contributed by atoms with van der Waals surface area (Å²) in [5.74, 6) is 12.9. The summed E-state index contributed by atoms with van der Waals surface area (Å²) in [5.41, 5.74) is 6.00. The highest BCUT2D eigenvalue weighted by Gasteiger charge is 2.07. The minimum Gasteiger partial charge on any atom is -0.206 e. The zero-order valence-electron chi connectivity index (χ0n) is 22.7. The van der Waals surface area contributed by atoms with Crippen LogP contribution in [0.3, 0.4) is 0 Å². The lowest BCUT2D eigenvalue weighted by Gasteiger charge is -2.07. The van der Waals surface area contributed by atoms with Gasteiger partial charge in [0.25, 0.3) is 0 Å². The molecule has 0 aliphatic heterocycles. The zero-order valence-corrected chi connectivity index (χ0v) is 22.7. The summed E-state index contributed by atoms with van der Waals surface area (Å²) in [5, 5.41) is 1.58. The van der Waals surface area contributed by atoms with Gasteiger partial charge in [0.1, 0.15) is 5.82 Å². The van der Waals surface area contributed by atoms with Crippen LogP contribution < -0.4 is 0 Å². The Morgan fingerprint density at radius 1 is 0.526 bits per heavy atom. The number of hydrogen-bond acceptors (Lipinski definition) is 0. The summed E-state index contributed by atoms with van der Waals surface area (Å²) in [6, 6.07) is 26.3. The van der Waals surface area contributed by atoms with Gasteiger partial charge in [-0.3, -0.25) is 0 Å². The molecular formula is C37H37F. The molecule has 0 aromatic heterocycles. The summed E-state index contributed by atoms with van der Waals surface area (Å²) in [6.45, 7) is 4.43. The lowest BCUT2D eigenvalue weighted by molar-refractivity contribution is 0.595. The van der Waals surface area contributed by atoms with Crippen LogP contribution in [0.2, 0.25) is 0 Å². The molecule has 0 bridgehead atoms. The van der Waals surface area contributed by atoms with E-state index in [0.29, 0.717) is 5.39 Å². The van der Waals surface area contributed by atoms with E-state index in [2.05, 4.69) is 61.8 Å². The summed E-state index contributed by atoms with van der Waals surface area (Å²) < 4.78 is 15.1. The molecule has 0 N–H and O–H groups in total. The average Bonchev–Trinajstić information content (AvgIpc) is 2.96. The molecule has 192 valence electrons. The van der Waals surface area contributed by atoms with Crippen molar-refractivity contribution in [2.75, 3.05) is 0 Å². The molecule has 4 aromatic rings. The van der Waals surface area contributed by atoms with Crippen molar-refractivity contribution in [1.29, 1.82) is 0 Å². The van der Waals surface area contributed by atoms with Crippen molar-refractivity contribution in [3.63, 3.8) is 0 Å². The lowest BCUT2D eigenvalue weighted by atomic mass is 9.99. The van der Waals surface area contributed by atoms with Gasteiger partial charge in [-0.05, 0) is 90.7 Å². The number of aryl methyl sites for hydroxylation is 2. The molecule has 0 spiro atoms. The van der Waals surface area contributed by atoms with Crippen LogP contribution in [0.5, 0.6) is 0 Å². The molecule has 0 saturated carbocycles. The molecular weight excluding hydrogens is 463 g/mol. The Kier molecular flexibility index (Phi) is 10.2.